The van der Waals surface area contributed by atoms with E-state index >= 15 is 0 Å². The molecule has 2 fully saturated rings. The SMILES string of the molecule is C=CC[C@@H]1CC[C@H]1NS(=O)[O-].C=CC[C@H]1CC[C@@H]1NS(=O)[O-]. The molecule has 2 N–H and O–H groups in total. The van der Waals surface area contributed by atoms with Crippen molar-refractivity contribution in [3.8, 4) is 0 Å². The Morgan fingerprint density at radius 3 is 1.41 bits per heavy atom. The predicted octanol–water partition coefficient (Wildman–Crippen LogP) is 1.45. The van der Waals surface area contributed by atoms with Crippen molar-refractivity contribution in [1.82, 2.24) is 9.44 Å². The first-order valence-electron chi connectivity index (χ1n) is 7.40. The number of hydrogen-bond acceptors (Lipinski definition) is 4. The lowest BCUT2D eigenvalue weighted by Crippen LogP contribution is -2.44. The summed E-state index contributed by atoms with van der Waals surface area (Å²) >= 11 is -4.21. The molecule has 2 unspecified atom stereocenters. The Balaban J connectivity index is 0.000000220. The fourth-order valence-electron chi connectivity index (χ4n) is 2.69. The van der Waals surface area contributed by atoms with E-state index in [9.17, 15) is 17.5 Å². The standard InChI is InChI=1S/2C7H13NO2S/c2*1-2-3-6-4-5-7(6)8-11(9)10/h2*2,6-8H,1,3-5H2,(H,9,10)/p-2/t2*6-,7-/m10/s1. The van der Waals surface area contributed by atoms with Crippen molar-refractivity contribution in [2.75, 3.05) is 0 Å². The Morgan fingerprint density at radius 2 is 1.23 bits per heavy atom. The molecule has 0 bridgehead atoms. The highest BCUT2D eigenvalue weighted by atomic mass is 32.2. The highest BCUT2D eigenvalue weighted by molar-refractivity contribution is 7.77. The first kappa shape index (κ1) is 19.7. The molecule has 22 heavy (non-hydrogen) atoms. The van der Waals surface area contributed by atoms with Crippen LogP contribution in [0.4, 0.5) is 0 Å². The van der Waals surface area contributed by atoms with Crippen LogP contribution in [0.15, 0.2) is 25.3 Å². The Bertz CT molecular complexity index is 382. The third kappa shape index (κ3) is 6.80. The van der Waals surface area contributed by atoms with Gasteiger partial charge in [-0.2, -0.15) is 0 Å². The summed E-state index contributed by atoms with van der Waals surface area (Å²) < 4.78 is 45.8. The summed E-state index contributed by atoms with van der Waals surface area (Å²) in [6.45, 7) is 7.23. The maximum atomic E-state index is 10.2. The van der Waals surface area contributed by atoms with Gasteiger partial charge in [-0.25, -0.2) is 9.44 Å². The van der Waals surface area contributed by atoms with Crippen molar-refractivity contribution in [2.45, 2.75) is 50.6 Å². The fraction of sp³-hybridized carbons (Fsp3) is 0.714. The first-order valence-corrected chi connectivity index (χ1v) is 9.55. The zero-order chi connectivity index (χ0) is 16.5. The Labute approximate surface area is 137 Å². The molecule has 0 heterocycles. The summed E-state index contributed by atoms with van der Waals surface area (Å²) in [5, 5.41) is 0. The van der Waals surface area contributed by atoms with Crippen LogP contribution < -0.4 is 9.44 Å². The molecule has 0 amide bonds. The lowest BCUT2D eigenvalue weighted by molar-refractivity contribution is 0.238. The van der Waals surface area contributed by atoms with Crippen LogP contribution in [0.5, 0.6) is 0 Å². The van der Waals surface area contributed by atoms with Crippen molar-refractivity contribution >= 4 is 22.5 Å². The summed E-state index contributed by atoms with van der Waals surface area (Å²) in [4.78, 5) is 0. The third-order valence-corrected chi connectivity index (χ3v) is 5.26. The fourth-order valence-corrected chi connectivity index (χ4v) is 3.80. The van der Waals surface area contributed by atoms with Crippen LogP contribution >= 0.6 is 0 Å². The van der Waals surface area contributed by atoms with Gasteiger partial charge in [0, 0.05) is 34.6 Å². The molecule has 0 aromatic heterocycles. The molecule has 6 atom stereocenters. The molecule has 0 aromatic rings. The second kappa shape index (κ2) is 10.4. The van der Waals surface area contributed by atoms with Crippen LogP contribution in [0.2, 0.25) is 0 Å². The van der Waals surface area contributed by atoms with Gasteiger partial charge in [-0.3, -0.25) is 8.42 Å². The van der Waals surface area contributed by atoms with Gasteiger partial charge in [-0.05, 0) is 50.4 Å². The van der Waals surface area contributed by atoms with Crippen LogP contribution in [0.3, 0.4) is 0 Å². The van der Waals surface area contributed by atoms with Gasteiger partial charge in [0.05, 0.1) is 0 Å². The summed E-state index contributed by atoms with van der Waals surface area (Å²) in [6.07, 6.45) is 9.66. The maximum absolute atomic E-state index is 10.2. The molecule has 128 valence electrons. The van der Waals surface area contributed by atoms with E-state index < -0.39 is 22.5 Å². The molecule has 2 saturated carbocycles. The van der Waals surface area contributed by atoms with E-state index in [1.807, 2.05) is 12.2 Å². The molecule has 2 aliphatic carbocycles. The number of hydrogen-bond donors (Lipinski definition) is 2. The smallest absolute Gasteiger partial charge is 0.0215 e. The Morgan fingerprint density at radius 1 is 0.864 bits per heavy atom. The molecule has 0 aliphatic heterocycles. The first-order chi connectivity index (χ1) is 10.5. The normalized spacial score (nSPS) is 32.5. The highest BCUT2D eigenvalue weighted by Crippen LogP contribution is 2.31. The van der Waals surface area contributed by atoms with Crippen molar-refractivity contribution in [3.05, 3.63) is 25.3 Å². The van der Waals surface area contributed by atoms with Crippen molar-refractivity contribution in [2.24, 2.45) is 11.8 Å². The molecule has 0 radical (unpaired) electrons. The second-order valence-electron chi connectivity index (χ2n) is 5.64. The van der Waals surface area contributed by atoms with Crippen molar-refractivity contribution < 1.29 is 17.5 Å². The van der Waals surface area contributed by atoms with Crippen LogP contribution in [-0.4, -0.2) is 29.6 Å². The minimum Gasteiger partial charge on any atom is -0.760 e. The van der Waals surface area contributed by atoms with Crippen molar-refractivity contribution in [3.63, 3.8) is 0 Å². The molecule has 8 heteroatoms. The summed E-state index contributed by atoms with van der Waals surface area (Å²) in [7, 11) is 0. The molecular formula is C14H24N2O4S2-2. The largest absolute Gasteiger partial charge is 0.760 e. The maximum Gasteiger partial charge on any atom is 0.0215 e. The lowest BCUT2D eigenvalue weighted by Gasteiger charge is -2.37. The van der Waals surface area contributed by atoms with Gasteiger partial charge in [0.25, 0.3) is 0 Å². The average molecular weight is 348 g/mol. The van der Waals surface area contributed by atoms with Gasteiger partial charge in [-0.15, -0.1) is 13.2 Å². The van der Waals surface area contributed by atoms with Gasteiger partial charge >= 0.3 is 0 Å². The second-order valence-corrected chi connectivity index (χ2v) is 7.05. The topological polar surface area (TPSA) is 104 Å². The molecule has 0 aromatic carbocycles. The monoisotopic (exact) mass is 348 g/mol. The van der Waals surface area contributed by atoms with Crippen LogP contribution in [0.25, 0.3) is 0 Å². The molecule has 0 spiro atoms. The van der Waals surface area contributed by atoms with Gasteiger partial charge < -0.3 is 9.11 Å². The van der Waals surface area contributed by atoms with Crippen LogP contribution in [0, 0.1) is 11.8 Å². The number of rotatable bonds is 8. The third-order valence-electron chi connectivity index (χ3n) is 4.27. The molecule has 0 saturated heterocycles. The van der Waals surface area contributed by atoms with Crippen LogP contribution in [-0.2, 0) is 22.5 Å². The van der Waals surface area contributed by atoms with E-state index in [1.165, 1.54) is 0 Å². The number of allylic oxidation sites excluding steroid dienone is 2. The number of nitrogens with one attached hydrogen (secondary N) is 2. The van der Waals surface area contributed by atoms with E-state index in [2.05, 4.69) is 22.6 Å². The Hall–Kier alpha value is -0.380. The van der Waals surface area contributed by atoms with Crippen LogP contribution in [0.1, 0.15) is 38.5 Å². The van der Waals surface area contributed by atoms with Gasteiger partial charge in [0.1, 0.15) is 0 Å². The zero-order valence-electron chi connectivity index (χ0n) is 12.6. The highest BCUT2D eigenvalue weighted by Gasteiger charge is 2.29. The zero-order valence-corrected chi connectivity index (χ0v) is 14.2. The predicted molar refractivity (Wildman–Crippen MR) is 86.8 cm³/mol. The molecular weight excluding hydrogens is 324 g/mol. The average Bonchev–Trinajstić information content (AvgIpc) is 2.43. The summed E-state index contributed by atoms with van der Waals surface area (Å²) in [5.41, 5.74) is 0. The quantitative estimate of drug-likeness (QED) is 0.511. The minimum atomic E-state index is -2.10. The van der Waals surface area contributed by atoms with Crippen molar-refractivity contribution in [1.29, 1.82) is 0 Å². The van der Waals surface area contributed by atoms with E-state index in [1.54, 1.807) is 0 Å². The lowest BCUT2D eigenvalue weighted by atomic mass is 9.78. The van der Waals surface area contributed by atoms with E-state index in [0.29, 0.717) is 11.8 Å². The Kier molecular flexibility index (Phi) is 9.30. The van der Waals surface area contributed by atoms with E-state index in [4.69, 9.17) is 0 Å². The van der Waals surface area contributed by atoms with Gasteiger partial charge in [0.2, 0.25) is 0 Å². The molecule has 6 nitrogen and oxygen atoms in total. The summed E-state index contributed by atoms with van der Waals surface area (Å²) in [5.74, 6) is 0.954. The molecule has 2 rings (SSSR count). The van der Waals surface area contributed by atoms with Gasteiger partial charge in [-0.1, -0.05) is 12.2 Å². The van der Waals surface area contributed by atoms with Gasteiger partial charge in [0.15, 0.2) is 0 Å². The summed E-state index contributed by atoms with van der Waals surface area (Å²) in [6, 6.07) is 0.317. The molecule has 2 aliphatic rings. The van der Waals surface area contributed by atoms with E-state index in [0.717, 1.165) is 38.5 Å². The minimum absolute atomic E-state index is 0.159. The van der Waals surface area contributed by atoms with E-state index in [-0.39, 0.29) is 12.1 Å².